The Hall–Kier alpha value is -1.41. The van der Waals surface area contributed by atoms with Crippen LogP contribution >= 0.6 is 22.6 Å². The number of aromatic nitrogens is 1. The van der Waals surface area contributed by atoms with Gasteiger partial charge < -0.3 is 0 Å². The Labute approximate surface area is 129 Å². The van der Waals surface area contributed by atoms with Crippen molar-refractivity contribution in [2.24, 2.45) is 0 Å². The number of hydrogen-bond donors (Lipinski definition) is 0. The van der Waals surface area contributed by atoms with Crippen molar-refractivity contribution in [2.75, 3.05) is 0 Å². The maximum absolute atomic E-state index is 13.4. The Morgan fingerprint density at radius 1 is 1.15 bits per heavy atom. The van der Waals surface area contributed by atoms with Crippen molar-refractivity contribution in [2.45, 2.75) is 4.90 Å². The fourth-order valence-corrected chi connectivity index (χ4v) is 4.74. The van der Waals surface area contributed by atoms with Crippen molar-refractivity contribution in [1.82, 2.24) is 3.97 Å². The molecule has 101 valence electrons. The molecule has 1 radical (unpaired) electrons. The van der Waals surface area contributed by atoms with Crippen molar-refractivity contribution in [3.8, 4) is 0 Å². The highest BCUT2D eigenvalue weighted by atomic mass is 127. The minimum atomic E-state index is -3.75. The first-order valence-corrected chi connectivity index (χ1v) is 8.21. The van der Waals surface area contributed by atoms with E-state index in [1.807, 2.05) is 22.6 Å². The minimum Gasteiger partial charge on any atom is -0.228 e. The van der Waals surface area contributed by atoms with Gasteiger partial charge >= 0.3 is 0 Å². The zero-order chi connectivity index (χ0) is 14.3. The van der Waals surface area contributed by atoms with E-state index in [0.29, 0.717) is 14.6 Å². The molecule has 0 atom stereocenters. The Morgan fingerprint density at radius 2 is 1.85 bits per heavy atom. The molecule has 0 aliphatic rings. The van der Waals surface area contributed by atoms with Gasteiger partial charge in [0, 0.05) is 5.39 Å². The molecule has 6 heteroatoms. The summed E-state index contributed by atoms with van der Waals surface area (Å²) in [6.07, 6.45) is 0. The van der Waals surface area contributed by atoms with E-state index in [9.17, 15) is 12.8 Å². The van der Waals surface area contributed by atoms with Gasteiger partial charge in [0.1, 0.15) is 5.82 Å². The summed E-state index contributed by atoms with van der Waals surface area (Å²) in [6, 6.07) is 14.9. The molecule has 3 aromatic rings. The largest absolute Gasteiger partial charge is 0.269 e. The van der Waals surface area contributed by atoms with Crippen molar-refractivity contribution in [3.63, 3.8) is 0 Å². The summed E-state index contributed by atoms with van der Waals surface area (Å²) in [5.41, 5.74) is 0.290. The molecule has 0 saturated carbocycles. The molecule has 0 aliphatic heterocycles. The maximum Gasteiger partial charge on any atom is 0.269 e. The van der Waals surface area contributed by atoms with Gasteiger partial charge in [-0.25, -0.2) is 16.8 Å². The van der Waals surface area contributed by atoms with Crippen LogP contribution in [0.2, 0.25) is 0 Å². The third-order valence-electron chi connectivity index (χ3n) is 2.87. The fraction of sp³-hybridized carbons (Fsp3) is 0. The van der Waals surface area contributed by atoms with Crippen LogP contribution < -0.4 is 0 Å². The third kappa shape index (κ3) is 2.12. The molecule has 0 amide bonds. The van der Waals surface area contributed by atoms with Crippen LogP contribution in [0.4, 0.5) is 4.39 Å². The summed E-state index contributed by atoms with van der Waals surface area (Å²) >= 11 is 1.92. The van der Waals surface area contributed by atoms with Gasteiger partial charge in [-0.1, -0.05) is 18.2 Å². The quantitative estimate of drug-likeness (QED) is 0.619. The minimum absolute atomic E-state index is 0.166. The number of hydrogen-bond acceptors (Lipinski definition) is 2. The highest BCUT2D eigenvalue weighted by Gasteiger charge is 2.22. The van der Waals surface area contributed by atoms with Gasteiger partial charge in [-0.05, 0) is 59.0 Å². The van der Waals surface area contributed by atoms with Gasteiger partial charge in [-0.2, -0.15) is 0 Å². The Morgan fingerprint density at radius 3 is 2.55 bits per heavy atom. The molecule has 20 heavy (non-hydrogen) atoms. The van der Waals surface area contributed by atoms with Crippen LogP contribution in [0.5, 0.6) is 0 Å². The average molecular weight is 400 g/mol. The van der Waals surface area contributed by atoms with Gasteiger partial charge in [0.25, 0.3) is 10.0 Å². The SMILES string of the molecule is O=S(=O)(c1ccccc1)n1c(I)cc2[c]cc(F)cc21. The number of halogens is 2. The molecule has 0 aliphatic carbocycles. The van der Waals surface area contributed by atoms with E-state index in [1.54, 1.807) is 24.3 Å². The molecule has 3 rings (SSSR count). The zero-order valence-corrected chi connectivity index (χ0v) is 13.0. The van der Waals surface area contributed by atoms with E-state index in [0.717, 1.165) is 3.97 Å². The highest BCUT2D eigenvalue weighted by molar-refractivity contribution is 14.1. The second kappa shape index (κ2) is 4.85. The monoisotopic (exact) mass is 400 g/mol. The second-order valence-corrected chi connectivity index (χ2v) is 7.06. The molecule has 0 spiro atoms. The summed E-state index contributed by atoms with van der Waals surface area (Å²) in [4.78, 5) is 0.166. The number of rotatable bonds is 2. The molecule has 0 unspecified atom stereocenters. The topological polar surface area (TPSA) is 39.1 Å². The van der Waals surface area contributed by atoms with E-state index in [-0.39, 0.29) is 4.90 Å². The zero-order valence-electron chi connectivity index (χ0n) is 10.0. The predicted octanol–water partition coefficient (Wildman–Crippen LogP) is 3.42. The van der Waals surface area contributed by atoms with E-state index in [2.05, 4.69) is 6.07 Å². The van der Waals surface area contributed by atoms with Gasteiger partial charge in [0.05, 0.1) is 14.1 Å². The molecule has 0 bridgehead atoms. The van der Waals surface area contributed by atoms with Crippen LogP contribution in [0, 0.1) is 15.6 Å². The van der Waals surface area contributed by atoms with Gasteiger partial charge in [-0.3, -0.25) is 0 Å². The summed E-state index contributed by atoms with van der Waals surface area (Å²) in [5, 5.41) is 0.565. The average Bonchev–Trinajstić information content (AvgIpc) is 2.75. The van der Waals surface area contributed by atoms with Crippen LogP contribution in [-0.4, -0.2) is 12.4 Å². The lowest BCUT2D eigenvalue weighted by Crippen LogP contribution is -2.14. The van der Waals surface area contributed by atoms with Crippen LogP contribution in [-0.2, 0) is 10.0 Å². The highest BCUT2D eigenvalue weighted by Crippen LogP contribution is 2.26. The number of fused-ring (bicyclic) bond motifs is 1. The van der Waals surface area contributed by atoms with Crippen LogP contribution in [0.3, 0.4) is 0 Å². The Bertz CT molecular complexity index is 888. The summed E-state index contributed by atoms with van der Waals surface area (Å²) in [6.45, 7) is 0. The van der Waals surface area contributed by atoms with Gasteiger partial charge in [0.15, 0.2) is 0 Å². The van der Waals surface area contributed by atoms with Crippen LogP contribution in [0.1, 0.15) is 0 Å². The predicted molar refractivity (Wildman–Crippen MR) is 82.5 cm³/mol. The molecule has 3 nitrogen and oxygen atoms in total. The summed E-state index contributed by atoms with van der Waals surface area (Å²) in [5.74, 6) is -0.517. The molecule has 1 heterocycles. The lowest BCUT2D eigenvalue weighted by Gasteiger charge is -2.09. The fourth-order valence-electron chi connectivity index (χ4n) is 1.99. The molecule has 0 saturated heterocycles. The summed E-state index contributed by atoms with van der Waals surface area (Å²) < 4.78 is 40.3. The molecule has 0 fully saturated rings. The van der Waals surface area contributed by atoms with Crippen LogP contribution in [0.15, 0.2) is 53.4 Å². The summed E-state index contributed by atoms with van der Waals surface area (Å²) in [7, 11) is -3.75. The smallest absolute Gasteiger partial charge is 0.228 e. The second-order valence-electron chi connectivity index (χ2n) is 4.17. The van der Waals surface area contributed by atoms with Crippen molar-refractivity contribution < 1.29 is 12.8 Å². The number of nitrogens with zero attached hydrogens (tertiary/aromatic N) is 1. The molecule has 1 aromatic heterocycles. The maximum atomic E-state index is 13.4. The molecular formula is C14H8FINO2S. The Balaban J connectivity index is 2.35. The van der Waals surface area contributed by atoms with Crippen molar-refractivity contribution in [3.05, 3.63) is 64.1 Å². The van der Waals surface area contributed by atoms with Crippen molar-refractivity contribution >= 4 is 43.5 Å². The first-order chi connectivity index (χ1) is 9.50. The van der Waals surface area contributed by atoms with Gasteiger partial charge in [-0.15, -0.1) is 0 Å². The third-order valence-corrected chi connectivity index (χ3v) is 5.74. The van der Waals surface area contributed by atoms with E-state index in [4.69, 9.17) is 0 Å². The molecular weight excluding hydrogens is 392 g/mol. The lowest BCUT2D eigenvalue weighted by molar-refractivity contribution is 0.588. The lowest BCUT2D eigenvalue weighted by atomic mass is 10.2. The molecule has 2 aromatic carbocycles. The van der Waals surface area contributed by atoms with Crippen molar-refractivity contribution in [1.29, 1.82) is 0 Å². The van der Waals surface area contributed by atoms with E-state index >= 15 is 0 Å². The van der Waals surface area contributed by atoms with Gasteiger partial charge in [0.2, 0.25) is 0 Å². The molecule has 0 N–H and O–H groups in total. The number of benzene rings is 2. The normalized spacial score (nSPS) is 11.9. The first kappa shape index (κ1) is 13.6. The van der Waals surface area contributed by atoms with E-state index in [1.165, 1.54) is 24.3 Å². The van der Waals surface area contributed by atoms with Crippen LogP contribution in [0.25, 0.3) is 10.9 Å². The first-order valence-electron chi connectivity index (χ1n) is 5.69. The Kier molecular flexibility index (Phi) is 3.29. The standard InChI is InChI=1S/C14H8FINO2S/c15-11-7-6-10-8-14(16)17(13(10)9-11)20(18,19)12-4-2-1-3-5-12/h1-5,7-9H. The van der Waals surface area contributed by atoms with E-state index < -0.39 is 15.8 Å².